The first kappa shape index (κ1) is 12.1. The molecule has 0 atom stereocenters. The van der Waals surface area contributed by atoms with Crippen LogP contribution in [0.25, 0.3) is 0 Å². The fourth-order valence-electron chi connectivity index (χ4n) is 2.42. The van der Waals surface area contributed by atoms with Crippen LogP contribution in [0, 0.1) is 5.92 Å². The van der Waals surface area contributed by atoms with Crippen molar-refractivity contribution in [2.24, 2.45) is 5.92 Å². The number of nitrogens with one attached hydrogen (secondary N) is 1. The maximum absolute atomic E-state index is 5.09. The Kier molecular flexibility index (Phi) is 4.18. The van der Waals surface area contributed by atoms with Crippen LogP contribution in [0.2, 0.25) is 0 Å². The van der Waals surface area contributed by atoms with Crippen molar-refractivity contribution in [2.45, 2.75) is 45.1 Å². The van der Waals surface area contributed by atoms with E-state index in [4.69, 9.17) is 4.74 Å². The number of nitrogens with zero attached hydrogens (tertiary/aromatic N) is 2. The van der Waals surface area contributed by atoms with E-state index in [0.29, 0.717) is 17.9 Å². The molecular weight excluding hydrogens is 214 g/mol. The van der Waals surface area contributed by atoms with Gasteiger partial charge in [-0.1, -0.05) is 13.3 Å². The Bertz CT molecular complexity index is 348. The molecule has 0 amide bonds. The van der Waals surface area contributed by atoms with E-state index in [0.717, 1.165) is 5.92 Å². The highest BCUT2D eigenvalue weighted by molar-refractivity contribution is 5.28. The van der Waals surface area contributed by atoms with Gasteiger partial charge in [-0.2, -0.15) is 4.98 Å². The Balaban J connectivity index is 1.88. The number of methoxy groups -OCH3 is 1. The largest absolute Gasteiger partial charge is 0.481 e. The summed E-state index contributed by atoms with van der Waals surface area (Å²) in [7, 11) is 1.62. The van der Waals surface area contributed by atoms with Gasteiger partial charge in [0.25, 0.3) is 0 Å². The second-order valence-corrected chi connectivity index (χ2v) is 4.69. The second kappa shape index (κ2) is 5.84. The minimum atomic E-state index is 0.518. The average molecular weight is 235 g/mol. The van der Waals surface area contributed by atoms with Crippen LogP contribution in [0.1, 0.15) is 39.0 Å². The summed E-state index contributed by atoms with van der Waals surface area (Å²) >= 11 is 0. The maximum atomic E-state index is 5.09. The molecule has 0 aliphatic heterocycles. The van der Waals surface area contributed by atoms with Gasteiger partial charge in [0.2, 0.25) is 11.8 Å². The normalized spacial score (nSPS) is 24.4. The molecule has 1 heterocycles. The van der Waals surface area contributed by atoms with E-state index in [1.165, 1.54) is 32.1 Å². The topological polar surface area (TPSA) is 47.0 Å². The number of rotatable bonds is 4. The molecule has 0 unspecified atom stereocenters. The number of aromatic nitrogens is 2. The Labute approximate surface area is 103 Å². The van der Waals surface area contributed by atoms with Gasteiger partial charge in [0, 0.05) is 18.3 Å². The Morgan fingerprint density at radius 1 is 1.35 bits per heavy atom. The van der Waals surface area contributed by atoms with E-state index < -0.39 is 0 Å². The van der Waals surface area contributed by atoms with Gasteiger partial charge in [-0.25, -0.2) is 4.98 Å². The van der Waals surface area contributed by atoms with Gasteiger partial charge in [-0.3, -0.25) is 0 Å². The third-order valence-corrected chi connectivity index (χ3v) is 3.60. The van der Waals surface area contributed by atoms with Crippen molar-refractivity contribution >= 4 is 5.95 Å². The predicted molar refractivity (Wildman–Crippen MR) is 68.2 cm³/mol. The number of ether oxygens (including phenoxy) is 1. The van der Waals surface area contributed by atoms with Crippen molar-refractivity contribution in [1.82, 2.24) is 9.97 Å². The third kappa shape index (κ3) is 3.32. The summed E-state index contributed by atoms with van der Waals surface area (Å²) in [6.07, 6.45) is 8.11. The summed E-state index contributed by atoms with van der Waals surface area (Å²) in [5.41, 5.74) is 0. The molecule has 0 bridgehead atoms. The molecule has 1 aromatic heterocycles. The number of anilines is 1. The molecule has 1 aromatic rings. The van der Waals surface area contributed by atoms with Crippen LogP contribution in [0.5, 0.6) is 5.88 Å². The highest BCUT2D eigenvalue weighted by Crippen LogP contribution is 2.27. The fraction of sp³-hybridized carbons (Fsp3) is 0.692. The van der Waals surface area contributed by atoms with Crippen LogP contribution in [-0.2, 0) is 0 Å². The van der Waals surface area contributed by atoms with Crippen molar-refractivity contribution in [3.63, 3.8) is 0 Å². The van der Waals surface area contributed by atoms with Gasteiger partial charge in [0.05, 0.1) is 7.11 Å². The first-order valence-electron chi connectivity index (χ1n) is 6.45. The molecule has 94 valence electrons. The lowest BCUT2D eigenvalue weighted by Gasteiger charge is -2.28. The smallest absolute Gasteiger partial charge is 0.226 e. The van der Waals surface area contributed by atoms with Crippen LogP contribution in [-0.4, -0.2) is 23.1 Å². The van der Waals surface area contributed by atoms with Crippen LogP contribution in [0.4, 0.5) is 5.95 Å². The molecule has 0 aromatic carbocycles. The first-order chi connectivity index (χ1) is 8.31. The molecule has 1 fully saturated rings. The molecule has 1 N–H and O–H groups in total. The zero-order valence-corrected chi connectivity index (χ0v) is 10.6. The lowest BCUT2D eigenvalue weighted by Crippen LogP contribution is -2.26. The number of hydrogen-bond acceptors (Lipinski definition) is 4. The van der Waals surface area contributed by atoms with Gasteiger partial charge in [-0.05, 0) is 31.6 Å². The van der Waals surface area contributed by atoms with Crippen molar-refractivity contribution in [3.05, 3.63) is 12.3 Å². The molecule has 1 aliphatic carbocycles. The lowest BCUT2D eigenvalue weighted by atomic mass is 9.85. The molecule has 0 saturated heterocycles. The summed E-state index contributed by atoms with van der Waals surface area (Å²) in [5, 5.41) is 3.40. The Morgan fingerprint density at radius 3 is 2.76 bits per heavy atom. The first-order valence-corrected chi connectivity index (χ1v) is 6.45. The molecule has 17 heavy (non-hydrogen) atoms. The van der Waals surface area contributed by atoms with Crippen LogP contribution in [0.3, 0.4) is 0 Å². The van der Waals surface area contributed by atoms with Crippen molar-refractivity contribution in [1.29, 1.82) is 0 Å². The van der Waals surface area contributed by atoms with Crippen molar-refractivity contribution in [2.75, 3.05) is 12.4 Å². The standard InChI is InChI=1S/C13H21N3O/c1-3-10-4-6-11(7-5-10)15-13-14-9-8-12(16-13)17-2/h8-11H,3-7H2,1-2H3,(H,14,15,16). The molecule has 0 radical (unpaired) electrons. The quantitative estimate of drug-likeness (QED) is 0.871. The summed E-state index contributed by atoms with van der Waals surface area (Å²) < 4.78 is 5.09. The highest BCUT2D eigenvalue weighted by Gasteiger charge is 2.20. The molecular formula is C13H21N3O. The van der Waals surface area contributed by atoms with Crippen molar-refractivity contribution in [3.8, 4) is 5.88 Å². The zero-order valence-electron chi connectivity index (χ0n) is 10.6. The molecule has 2 rings (SSSR count). The van der Waals surface area contributed by atoms with Gasteiger partial charge >= 0.3 is 0 Å². The minimum Gasteiger partial charge on any atom is -0.481 e. The van der Waals surface area contributed by atoms with E-state index in [2.05, 4.69) is 22.2 Å². The molecule has 1 aliphatic rings. The predicted octanol–water partition coefficient (Wildman–Crippen LogP) is 2.87. The van der Waals surface area contributed by atoms with E-state index in [1.807, 2.05) is 0 Å². The molecule has 1 saturated carbocycles. The van der Waals surface area contributed by atoms with E-state index in [1.54, 1.807) is 19.4 Å². The van der Waals surface area contributed by atoms with Crippen molar-refractivity contribution < 1.29 is 4.74 Å². The SMILES string of the molecule is CCC1CCC(Nc2nccc(OC)n2)CC1. The summed E-state index contributed by atoms with van der Waals surface area (Å²) in [5.74, 6) is 2.22. The maximum Gasteiger partial charge on any atom is 0.226 e. The Morgan fingerprint density at radius 2 is 2.12 bits per heavy atom. The summed E-state index contributed by atoms with van der Waals surface area (Å²) in [4.78, 5) is 8.50. The number of hydrogen-bond donors (Lipinski definition) is 1. The summed E-state index contributed by atoms with van der Waals surface area (Å²) in [6, 6.07) is 2.28. The van der Waals surface area contributed by atoms with Gasteiger partial charge in [0.1, 0.15) is 0 Å². The molecule has 4 nitrogen and oxygen atoms in total. The molecule has 0 spiro atoms. The fourth-order valence-corrected chi connectivity index (χ4v) is 2.42. The average Bonchev–Trinajstić information content (AvgIpc) is 2.40. The lowest BCUT2D eigenvalue weighted by molar-refractivity contribution is 0.329. The highest BCUT2D eigenvalue weighted by atomic mass is 16.5. The van der Waals surface area contributed by atoms with Crippen LogP contribution < -0.4 is 10.1 Å². The second-order valence-electron chi connectivity index (χ2n) is 4.69. The van der Waals surface area contributed by atoms with Gasteiger partial charge in [0.15, 0.2) is 0 Å². The van der Waals surface area contributed by atoms with Gasteiger partial charge < -0.3 is 10.1 Å². The monoisotopic (exact) mass is 235 g/mol. The van der Waals surface area contributed by atoms with E-state index >= 15 is 0 Å². The third-order valence-electron chi connectivity index (χ3n) is 3.60. The zero-order chi connectivity index (χ0) is 12.1. The van der Waals surface area contributed by atoms with Gasteiger partial charge in [-0.15, -0.1) is 0 Å². The van der Waals surface area contributed by atoms with E-state index in [-0.39, 0.29) is 0 Å². The summed E-state index contributed by atoms with van der Waals surface area (Å²) in [6.45, 7) is 2.28. The minimum absolute atomic E-state index is 0.518. The van der Waals surface area contributed by atoms with E-state index in [9.17, 15) is 0 Å². The van der Waals surface area contributed by atoms with Crippen LogP contribution >= 0.6 is 0 Å². The van der Waals surface area contributed by atoms with Crippen LogP contribution in [0.15, 0.2) is 12.3 Å². The Hall–Kier alpha value is -1.32. The molecule has 4 heteroatoms.